The summed E-state index contributed by atoms with van der Waals surface area (Å²) < 4.78 is 5.55. The third-order valence-electron chi connectivity index (χ3n) is 5.18. The monoisotopic (exact) mass is 339 g/mol. The number of hydrogen-bond acceptors (Lipinski definition) is 3. The van der Waals surface area contributed by atoms with Crippen molar-refractivity contribution in [1.29, 1.82) is 0 Å². The minimum absolute atomic E-state index is 0.392. The molecule has 2 saturated carbocycles. The molecular formula is C19H37N3O2. The lowest BCUT2D eigenvalue weighted by Crippen LogP contribution is -2.42. The number of guanidine groups is 1. The van der Waals surface area contributed by atoms with E-state index < -0.39 is 6.10 Å². The molecule has 0 saturated heterocycles. The summed E-state index contributed by atoms with van der Waals surface area (Å²) in [5.41, 5.74) is 0. The van der Waals surface area contributed by atoms with E-state index in [1.54, 1.807) is 0 Å². The van der Waals surface area contributed by atoms with Crippen LogP contribution in [0.4, 0.5) is 0 Å². The lowest BCUT2D eigenvalue weighted by Gasteiger charge is -2.31. The van der Waals surface area contributed by atoms with Gasteiger partial charge in [-0.25, -0.2) is 0 Å². The first-order valence-electron chi connectivity index (χ1n) is 9.83. The Morgan fingerprint density at radius 3 is 2.50 bits per heavy atom. The van der Waals surface area contributed by atoms with Crippen LogP contribution in [0, 0.1) is 17.8 Å². The number of aliphatic hydroxyl groups excluding tert-OH is 1. The average molecular weight is 340 g/mol. The molecule has 0 aliphatic heterocycles. The molecule has 5 nitrogen and oxygen atoms in total. The number of nitrogens with zero attached hydrogens (tertiary/aromatic N) is 2. The van der Waals surface area contributed by atoms with Crippen LogP contribution in [0.25, 0.3) is 0 Å². The van der Waals surface area contributed by atoms with Crippen LogP contribution >= 0.6 is 0 Å². The molecular weight excluding hydrogens is 302 g/mol. The molecule has 1 unspecified atom stereocenters. The van der Waals surface area contributed by atoms with Crippen LogP contribution in [-0.2, 0) is 4.74 Å². The van der Waals surface area contributed by atoms with Gasteiger partial charge < -0.3 is 20.1 Å². The topological polar surface area (TPSA) is 57.1 Å². The molecule has 5 heteroatoms. The third kappa shape index (κ3) is 7.39. The maximum Gasteiger partial charge on any atom is 0.193 e. The highest BCUT2D eigenvalue weighted by Gasteiger charge is 2.22. The maximum atomic E-state index is 10.1. The molecule has 2 N–H and O–H groups in total. The predicted octanol–water partition coefficient (Wildman–Crippen LogP) is 2.50. The van der Waals surface area contributed by atoms with Gasteiger partial charge in [-0.05, 0) is 50.4 Å². The SMILES string of the molecule is CCNC(=NCC(O)COCC1CC1)N(C)CC1CCC(C)CC1. The van der Waals surface area contributed by atoms with Gasteiger partial charge in [-0.3, -0.25) is 4.99 Å². The van der Waals surface area contributed by atoms with Gasteiger partial charge in [0.1, 0.15) is 0 Å². The van der Waals surface area contributed by atoms with Gasteiger partial charge in [0.15, 0.2) is 5.96 Å². The molecule has 140 valence electrons. The number of aliphatic imine (C=N–C) groups is 1. The van der Waals surface area contributed by atoms with E-state index in [4.69, 9.17) is 4.74 Å². The van der Waals surface area contributed by atoms with Crippen molar-refractivity contribution in [3.8, 4) is 0 Å². The number of aliphatic hydroxyl groups is 1. The van der Waals surface area contributed by atoms with Gasteiger partial charge in [-0.2, -0.15) is 0 Å². The third-order valence-corrected chi connectivity index (χ3v) is 5.18. The van der Waals surface area contributed by atoms with Crippen molar-refractivity contribution in [3.63, 3.8) is 0 Å². The molecule has 0 amide bonds. The zero-order valence-electron chi connectivity index (χ0n) is 15.8. The van der Waals surface area contributed by atoms with E-state index in [0.29, 0.717) is 13.2 Å². The Morgan fingerprint density at radius 2 is 1.88 bits per heavy atom. The summed E-state index contributed by atoms with van der Waals surface area (Å²) in [7, 11) is 2.11. The number of rotatable bonds is 9. The molecule has 0 aromatic heterocycles. The normalized spacial score (nSPS) is 26.2. The highest BCUT2D eigenvalue weighted by molar-refractivity contribution is 5.79. The van der Waals surface area contributed by atoms with Crippen molar-refractivity contribution < 1.29 is 9.84 Å². The fourth-order valence-corrected chi connectivity index (χ4v) is 3.35. The van der Waals surface area contributed by atoms with E-state index in [1.165, 1.54) is 38.5 Å². The van der Waals surface area contributed by atoms with E-state index in [-0.39, 0.29) is 0 Å². The zero-order valence-corrected chi connectivity index (χ0v) is 15.8. The summed E-state index contributed by atoms with van der Waals surface area (Å²) in [5, 5.41) is 13.4. The molecule has 2 aliphatic carbocycles. The first-order chi connectivity index (χ1) is 11.6. The summed E-state index contributed by atoms with van der Waals surface area (Å²) >= 11 is 0. The lowest BCUT2D eigenvalue weighted by atomic mass is 9.83. The molecule has 2 rings (SSSR count). The highest BCUT2D eigenvalue weighted by atomic mass is 16.5. The van der Waals surface area contributed by atoms with Crippen LogP contribution in [0.15, 0.2) is 4.99 Å². The number of ether oxygens (including phenoxy) is 1. The van der Waals surface area contributed by atoms with E-state index in [1.807, 2.05) is 0 Å². The second-order valence-corrected chi connectivity index (χ2v) is 7.84. The highest BCUT2D eigenvalue weighted by Crippen LogP contribution is 2.29. The molecule has 2 fully saturated rings. The average Bonchev–Trinajstić information content (AvgIpc) is 3.37. The Kier molecular flexibility index (Phi) is 8.33. The molecule has 2 aliphatic rings. The molecule has 0 spiro atoms. The number of hydrogen-bond donors (Lipinski definition) is 2. The van der Waals surface area contributed by atoms with Crippen LogP contribution < -0.4 is 5.32 Å². The van der Waals surface area contributed by atoms with Crippen LogP contribution in [0.1, 0.15) is 52.4 Å². The Hall–Kier alpha value is -0.810. The van der Waals surface area contributed by atoms with E-state index >= 15 is 0 Å². The van der Waals surface area contributed by atoms with Crippen LogP contribution in [0.5, 0.6) is 0 Å². The first-order valence-corrected chi connectivity index (χ1v) is 9.83. The number of nitrogens with one attached hydrogen (secondary N) is 1. The Bertz CT molecular complexity index is 377. The molecule has 0 aromatic carbocycles. The molecule has 0 bridgehead atoms. The van der Waals surface area contributed by atoms with Gasteiger partial charge in [0.2, 0.25) is 0 Å². The van der Waals surface area contributed by atoms with Gasteiger partial charge in [-0.1, -0.05) is 19.8 Å². The summed E-state index contributed by atoms with van der Waals surface area (Å²) in [6.45, 7) is 7.93. The lowest BCUT2D eigenvalue weighted by molar-refractivity contribution is 0.0367. The Balaban J connectivity index is 1.72. The van der Waals surface area contributed by atoms with E-state index in [2.05, 4.69) is 36.1 Å². The van der Waals surface area contributed by atoms with Crippen LogP contribution in [-0.4, -0.2) is 62.0 Å². The molecule has 24 heavy (non-hydrogen) atoms. The standard InChI is InChI=1S/C19H37N3O2/c1-4-20-19(21-11-18(23)14-24-13-17-9-10-17)22(3)12-16-7-5-15(2)6-8-16/h15-18,23H,4-14H2,1-3H3,(H,20,21). The second-order valence-electron chi connectivity index (χ2n) is 7.84. The van der Waals surface area contributed by atoms with Crippen molar-refractivity contribution in [2.45, 2.75) is 58.5 Å². The minimum Gasteiger partial charge on any atom is -0.389 e. The van der Waals surface area contributed by atoms with Crippen molar-refractivity contribution >= 4 is 5.96 Å². The fraction of sp³-hybridized carbons (Fsp3) is 0.947. The first kappa shape index (κ1) is 19.5. The summed E-state index contributed by atoms with van der Waals surface area (Å²) in [5.74, 6) is 3.29. The van der Waals surface area contributed by atoms with Gasteiger partial charge >= 0.3 is 0 Å². The zero-order chi connectivity index (χ0) is 17.4. The second kappa shape index (κ2) is 10.2. The molecule has 1 atom stereocenters. The van der Waals surface area contributed by atoms with Crippen LogP contribution in [0.3, 0.4) is 0 Å². The van der Waals surface area contributed by atoms with Crippen LogP contribution in [0.2, 0.25) is 0 Å². The summed E-state index contributed by atoms with van der Waals surface area (Å²) in [6, 6.07) is 0. The van der Waals surface area contributed by atoms with Gasteiger partial charge in [0, 0.05) is 26.7 Å². The van der Waals surface area contributed by atoms with Crippen molar-refractivity contribution in [2.24, 2.45) is 22.7 Å². The van der Waals surface area contributed by atoms with Gasteiger partial charge in [-0.15, -0.1) is 0 Å². The predicted molar refractivity (Wildman–Crippen MR) is 99.3 cm³/mol. The van der Waals surface area contributed by atoms with Crippen molar-refractivity contribution in [2.75, 3.05) is 39.9 Å². The molecule has 0 radical (unpaired) electrons. The van der Waals surface area contributed by atoms with E-state index in [0.717, 1.165) is 43.4 Å². The smallest absolute Gasteiger partial charge is 0.193 e. The Labute approximate surface area is 147 Å². The minimum atomic E-state index is -0.513. The van der Waals surface area contributed by atoms with E-state index in [9.17, 15) is 5.11 Å². The summed E-state index contributed by atoms with van der Waals surface area (Å²) in [4.78, 5) is 6.83. The van der Waals surface area contributed by atoms with Gasteiger partial charge in [0.25, 0.3) is 0 Å². The molecule has 0 aromatic rings. The Morgan fingerprint density at radius 1 is 1.21 bits per heavy atom. The quantitative estimate of drug-likeness (QED) is 0.500. The maximum absolute atomic E-state index is 10.1. The van der Waals surface area contributed by atoms with Crippen molar-refractivity contribution in [3.05, 3.63) is 0 Å². The van der Waals surface area contributed by atoms with Gasteiger partial charge in [0.05, 0.1) is 19.3 Å². The fourth-order valence-electron chi connectivity index (χ4n) is 3.35. The van der Waals surface area contributed by atoms with Crippen molar-refractivity contribution in [1.82, 2.24) is 10.2 Å². The summed E-state index contributed by atoms with van der Waals surface area (Å²) in [6.07, 6.45) is 7.39. The molecule has 0 heterocycles. The largest absolute Gasteiger partial charge is 0.389 e.